The highest BCUT2D eigenvalue weighted by molar-refractivity contribution is 7.87. The third-order valence-corrected chi connectivity index (χ3v) is 5.16. The molecule has 0 heterocycles. The van der Waals surface area contributed by atoms with Gasteiger partial charge in [-0.1, -0.05) is 19.8 Å². The van der Waals surface area contributed by atoms with Gasteiger partial charge >= 0.3 is 5.97 Å². The molecule has 2 atom stereocenters. The van der Waals surface area contributed by atoms with Gasteiger partial charge in [-0.15, -0.1) is 0 Å². The molecule has 0 aromatic carbocycles. The lowest BCUT2D eigenvalue weighted by Gasteiger charge is -2.29. The van der Waals surface area contributed by atoms with Gasteiger partial charge in [-0.25, -0.2) is 0 Å². The van der Waals surface area contributed by atoms with Gasteiger partial charge in [-0.3, -0.25) is 4.79 Å². The Morgan fingerprint density at radius 2 is 2.11 bits per heavy atom. The Morgan fingerprint density at radius 1 is 1.42 bits per heavy atom. The molecule has 2 unspecified atom stereocenters. The van der Waals surface area contributed by atoms with Crippen molar-refractivity contribution < 1.29 is 17.9 Å². The third-order valence-electron chi connectivity index (χ3n) is 3.52. The highest BCUT2D eigenvalue weighted by Gasteiger charge is 2.26. The van der Waals surface area contributed by atoms with Gasteiger partial charge < -0.3 is 4.74 Å². The summed E-state index contributed by atoms with van der Waals surface area (Å²) in [6.45, 7) is 2.27. The average molecular weight is 292 g/mol. The largest absolute Gasteiger partial charge is 0.469 e. The number of nitrogens with one attached hydrogen (secondary N) is 1. The minimum atomic E-state index is -3.51. The first kappa shape index (κ1) is 16.4. The van der Waals surface area contributed by atoms with Crippen molar-refractivity contribution in [2.75, 3.05) is 20.7 Å². The van der Waals surface area contributed by atoms with E-state index in [4.69, 9.17) is 0 Å². The molecule has 0 aromatic rings. The van der Waals surface area contributed by atoms with Crippen molar-refractivity contribution in [3.63, 3.8) is 0 Å². The van der Waals surface area contributed by atoms with Gasteiger partial charge in [0.25, 0.3) is 10.2 Å². The molecule has 1 aliphatic rings. The monoisotopic (exact) mass is 292 g/mol. The van der Waals surface area contributed by atoms with Gasteiger partial charge in [0.1, 0.15) is 0 Å². The summed E-state index contributed by atoms with van der Waals surface area (Å²) < 4.78 is 32.5. The Labute approximate surface area is 115 Å². The Morgan fingerprint density at radius 3 is 2.68 bits per heavy atom. The Kier molecular flexibility index (Phi) is 6.22. The summed E-state index contributed by atoms with van der Waals surface area (Å²) in [4.78, 5) is 11.0. The van der Waals surface area contributed by atoms with Crippen molar-refractivity contribution >= 4 is 16.2 Å². The SMILES string of the molecule is COC(=O)CCN(C)S(=O)(=O)NC1CCCC(C)C1. The summed E-state index contributed by atoms with van der Waals surface area (Å²) in [5.41, 5.74) is 0. The predicted octanol–water partition coefficient (Wildman–Crippen LogP) is 0.894. The molecule has 112 valence electrons. The summed E-state index contributed by atoms with van der Waals surface area (Å²) in [5.74, 6) is 0.148. The lowest BCUT2D eigenvalue weighted by Crippen LogP contribution is -2.45. The molecule has 1 saturated carbocycles. The topological polar surface area (TPSA) is 75.7 Å². The minimum absolute atomic E-state index is 0.00864. The van der Waals surface area contributed by atoms with Crippen LogP contribution in [-0.2, 0) is 19.7 Å². The number of hydrogen-bond donors (Lipinski definition) is 1. The van der Waals surface area contributed by atoms with Crippen molar-refractivity contribution in [3.8, 4) is 0 Å². The molecule has 1 fully saturated rings. The molecule has 0 amide bonds. The molecule has 1 rings (SSSR count). The highest BCUT2D eigenvalue weighted by Crippen LogP contribution is 2.24. The van der Waals surface area contributed by atoms with Gasteiger partial charge in [-0.2, -0.15) is 17.4 Å². The second kappa shape index (κ2) is 7.21. The molecule has 0 bridgehead atoms. The van der Waals surface area contributed by atoms with Crippen molar-refractivity contribution in [1.29, 1.82) is 0 Å². The molecule has 0 spiro atoms. The number of hydrogen-bond acceptors (Lipinski definition) is 4. The highest BCUT2D eigenvalue weighted by atomic mass is 32.2. The average Bonchev–Trinajstić information content (AvgIpc) is 2.34. The van der Waals surface area contributed by atoms with E-state index in [1.165, 1.54) is 18.5 Å². The number of esters is 1. The summed E-state index contributed by atoms with van der Waals surface area (Å²) >= 11 is 0. The predicted molar refractivity (Wildman–Crippen MR) is 72.7 cm³/mol. The lowest BCUT2D eigenvalue weighted by atomic mass is 9.88. The van der Waals surface area contributed by atoms with Crippen molar-refractivity contribution in [1.82, 2.24) is 9.03 Å². The number of rotatable bonds is 6. The Hall–Kier alpha value is -0.660. The number of ether oxygens (including phenoxy) is 1. The van der Waals surface area contributed by atoms with Crippen LogP contribution in [0.2, 0.25) is 0 Å². The van der Waals surface area contributed by atoms with Crippen molar-refractivity contribution in [2.24, 2.45) is 5.92 Å². The molecule has 0 saturated heterocycles. The standard InChI is InChI=1S/C12H24N2O4S/c1-10-5-4-6-11(9-10)13-19(16,17)14(2)8-7-12(15)18-3/h10-11,13H,4-9H2,1-3H3. The van der Waals surface area contributed by atoms with E-state index in [2.05, 4.69) is 16.4 Å². The number of nitrogens with zero attached hydrogens (tertiary/aromatic N) is 1. The van der Waals surface area contributed by atoms with Gasteiger partial charge in [-0.05, 0) is 18.8 Å². The summed E-state index contributed by atoms with van der Waals surface area (Å²) in [6, 6.07) is 0.00864. The maximum atomic E-state index is 12.1. The molecule has 0 aromatic heterocycles. The second-order valence-corrected chi connectivity index (χ2v) is 7.05. The maximum Gasteiger partial charge on any atom is 0.306 e. The molecular weight excluding hydrogens is 268 g/mol. The molecule has 7 heteroatoms. The van der Waals surface area contributed by atoms with E-state index in [-0.39, 0.29) is 19.0 Å². The van der Waals surface area contributed by atoms with Crippen LogP contribution in [0, 0.1) is 5.92 Å². The van der Waals surface area contributed by atoms with Crippen LogP contribution in [0.15, 0.2) is 0 Å². The Balaban J connectivity index is 2.47. The number of carbonyl (C=O) groups excluding carboxylic acids is 1. The van der Waals surface area contributed by atoms with Crippen LogP contribution in [-0.4, -0.2) is 45.4 Å². The third kappa shape index (κ3) is 5.46. The van der Waals surface area contributed by atoms with E-state index in [0.29, 0.717) is 5.92 Å². The van der Waals surface area contributed by atoms with Crippen molar-refractivity contribution in [2.45, 2.75) is 45.1 Å². The summed E-state index contributed by atoms with van der Waals surface area (Å²) in [5, 5.41) is 0. The molecule has 0 aliphatic heterocycles. The molecule has 1 N–H and O–H groups in total. The van der Waals surface area contributed by atoms with E-state index in [9.17, 15) is 13.2 Å². The quantitative estimate of drug-likeness (QED) is 0.738. The van der Waals surface area contributed by atoms with Crippen molar-refractivity contribution in [3.05, 3.63) is 0 Å². The van der Waals surface area contributed by atoms with E-state index in [0.717, 1.165) is 25.7 Å². The smallest absolute Gasteiger partial charge is 0.306 e. The van der Waals surface area contributed by atoms with Gasteiger partial charge in [0, 0.05) is 19.6 Å². The molecule has 6 nitrogen and oxygen atoms in total. The maximum absolute atomic E-state index is 12.1. The first-order valence-corrected chi connectivity index (χ1v) is 8.09. The fraction of sp³-hybridized carbons (Fsp3) is 0.917. The van der Waals surface area contributed by atoms with E-state index in [1.54, 1.807) is 0 Å². The molecule has 1 aliphatic carbocycles. The van der Waals surface area contributed by atoms with Gasteiger partial charge in [0.05, 0.1) is 13.5 Å². The van der Waals surface area contributed by atoms with Crippen LogP contribution in [0.25, 0.3) is 0 Å². The lowest BCUT2D eigenvalue weighted by molar-refractivity contribution is -0.140. The Bertz CT molecular complexity index is 397. The van der Waals surface area contributed by atoms with Crippen LogP contribution in [0.5, 0.6) is 0 Å². The minimum Gasteiger partial charge on any atom is -0.469 e. The van der Waals surface area contributed by atoms with Gasteiger partial charge in [0.15, 0.2) is 0 Å². The van der Waals surface area contributed by atoms with E-state index < -0.39 is 16.2 Å². The van der Waals surface area contributed by atoms with Crippen LogP contribution in [0.4, 0.5) is 0 Å². The van der Waals surface area contributed by atoms with Crippen LogP contribution < -0.4 is 4.72 Å². The summed E-state index contributed by atoms with van der Waals surface area (Å²) in [7, 11) is -0.752. The fourth-order valence-electron chi connectivity index (χ4n) is 2.31. The summed E-state index contributed by atoms with van der Waals surface area (Å²) in [6.07, 6.45) is 4.05. The normalized spacial score (nSPS) is 24.4. The van der Waals surface area contributed by atoms with Crippen LogP contribution in [0.3, 0.4) is 0 Å². The fourth-order valence-corrected chi connectivity index (χ4v) is 3.46. The molecule has 19 heavy (non-hydrogen) atoms. The first-order valence-electron chi connectivity index (χ1n) is 6.65. The van der Waals surface area contributed by atoms with E-state index in [1.807, 2.05) is 0 Å². The first-order chi connectivity index (χ1) is 8.85. The van der Waals surface area contributed by atoms with Gasteiger partial charge in [0.2, 0.25) is 0 Å². The number of carbonyl (C=O) groups is 1. The molecular formula is C12H24N2O4S. The molecule has 0 radical (unpaired) electrons. The van der Waals surface area contributed by atoms with E-state index >= 15 is 0 Å². The zero-order valence-electron chi connectivity index (χ0n) is 11.9. The van der Waals surface area contributed by atoms with Crippen LogP contribution >= 0.6 is 0 Å². The zero-order valence-corrected chi connectivity index (χ0v) is 12.7. The van der Waals surface area contributed by atoms with Crippen LogP contribution in [0.1, 0.15) is 39.0 Å². The zero-order chi connectivity index (χ0) is 14.5. The second-order valence-electron chi connectivity index (χ2n) is 5.24. The number of methoxy groups -OCH3 is 1.